The lowest BCUT2D eigenvalue weighted by molar-refractivity contribution is 0.0368. The van der Waals surface area contributed by atoms with Crippen molar-refractivity contribution in [3.8, 4) is 5.75 Å². The molecule has 1 aliphatic rings. The van der Waals surface area contributed by atoms with E-state index < -0.39 is 18.1 Å². The second-order valence-electron chi connectivity index (χ2n) is 9.33. The molecule has 0 unspecified atom stereocenters. The van der Waals surface area contributed by atoms with E-state index >= 15 is 0 Å². The van der Waals surface area contributed by atoms with E-state index in [4.69, 9.17) is 4.74 Å². The summed E-state index contributed by atoms with van der Waals surface area (Å²) in [5.74, 6) is -0.829. The SMILES string of the molecule is CC(C)NC(=O)N(C)C[C@H]1Oc2c(NC(=O)c3cnccn3)cccc2C(=O)N([C@H](C)CO)C[C@@H]1C. The van der Waals surface area contributed by atoms with Gasteiger partial charge in [-0.2, -0.15) is 0 Å². The molecule has 11 heteroatoms. The quantitative estimate of drug-likeness (QED) is 0.531. The van der Waals surface area contributed by atoms with E-state index in [1.165, 1.54) is 23.5 Å². The summed E-state index contributed by atoms with van der Waals surface area (Å²) < 4.78 is 6.39. The van der Waals surface area contributed by atoms with E-state index in [0.29, 0.717) is 12.2 Å². The molecule has 1 aromatic carbocycles. The standard InChI is InChI=1S/C25H34N6O5/c1-15(2)28-25(35)30(5)13-21-16(3)12-31(17(4)14-32)24(34)18-7-6-8-19(22(18)36-21)29-23(33)20-11-26-9-10-27-20/h6-11,15-17,21,32H,12-14H2,1-5H3,(H,28,35)(H,29,33)/t16-,17+,21+/m0/s1. The molecule has 0 saturated heterocycles. The first-order valence-corrected chi connectivity index (χ1v) is 11.9. The van der Waals surface area contributed by atoms with Crippen LogP contribution in [0.4, 0.5) is 10.5 Å². The zero-order valence-corrected chi connectivity index (χ0v) is 21.3. The Kier molecular flexibility index (Phi) is 8.81. The second kappa shape index (κ2) is 11.8. The number of para-hydroxylation sites is 1. The van der Waals surface area contributed by atoms with Gasteiger partial charge in [-0.15, -0.1) is 0 Å². The fourth-order valence-electron chi connectivity index (χ4n) is 3.87. The number of aliphatic hydroxyl groups excluding tert-OH is 1. The molecule has 0 bridgehead atoms. The summed E-state index contributed by atoms with van der Waals surface area (Å²) in [5.41, 5.74) is 0.651. The highest BCUT2D eigenvalue weighted by Gasteiger charge is 2.35. The first kappa shape index (κ1) is 26.9. The number of hydrogen-bond acceptors (Lipinski definition) is 7. The van der Waals surface area contributed by atoms with Crippen molar-refractivity contribution in [3.05, 3.63) is 48.0 Å². The number of hydrogen-bond donors (Lipinski definition) is 3. The number of benzene rings is 1. The lowest BCUT2D eigenvalue weighted by atomic mass is 9.99. The Morgan fingerprint density at radius 3 is 2.67 bits per heavy atom. The fraction of sp³-hybridized carbons (Fsp3) is 0.480. The maximum Gasteiger partial charge on any atom is 0.317 e. The van der Waals surface area contributed by atoms with Crippen LogP contribution in [0.1, 0.15) is 48.5 Å². The molecule has 3 rings (SSSR count). The predicted molar refractivity (Wildman–Crippen MR) is 134 cm³/mol. The summed E-state index contributed by atoms with van der Waals surface area (Å²) in [5, 5.41) is 15.4. The van der Waals surface area contributed by atoms with Gasteiger partial charge >= 0.3 is 6.03 Å². The molecule has 0 saturated carbocycles. The van der Waals surface area contributed by atoms with Crippen LogP contribution >= 0.6 is 0 Å². The van der Waals surface area contributed by atoms with Crippen molar-refractivity contribution in [2.45, 2.75) is 45.9 Å². The van der Waals surface area contributed by atoms with Gasteiger partial charge in [0, 0.05) is 37.9 Å². The van der Waals surface area contributed by atoms with Crippen molar-refractivity contribution in [2.24, 2.45) is 5.92 Å². The number of nitrogens with zero attached hydrogens (tertiary/aromatic N) is 4. The Bertz CT molecular complexity index is 1080. The van der Waals surface area contributed by atoms with Crippen LogP contribution < -0.4 is 15.4 Å². The Morgan fingerprint density at radius 2 is 2.03 bits per heavy atom. The van der Waals surface area contributed by atoms with Gasteiger partial charge in [0.2, 0.25) is 0 Å². The minimum absolute atomic E-state index is 0.0298. The lowest BCUT2D eigenvalue weighted by Gasteiger charge is -2.38. The van der Waals surface area contributed by atoms with E-state index in [1.807, 2.05) is 20.8 Å². The highest BCUT2D eigenvalue weighted by Crippen LogP contribution is 2.35. The van der Waals surface area contributed by atoms with Crippen LogP contribution in [0.2, 0.25) is 0 Å². The molecule has 2 aromatic rings. The molecule has 36 heavy (non-hydrogen) atoms. The Morgan fingerprint density at radius 1 is 1.28 bits per heavy atom. The number of anilines is 1. The molecule has 0 aliphatic carbocycles. The van der Waals surface area contributed by atoms with E-state index in [9.17, 15) is 19.5 Å². The number of amides is 4. The number of ether oxygens (including phenoxy) is 1. The Balaban J connectivity index is 2.00. The van der Waals surface area contributed by atoms with Gasteiger partial charge in [0.05, 0.1) is 36.6 Å². The molecule has 4 amide bonds. The fourth-order valence-corrected chi connectivity index (χ4v) is 3.87. The smallest absolute Gasteiger partial charge is 0.317 e. The molecule has 2 heterocycles. The molecular formula is C25H34N6O5. The number of carbonyl (C=O) groups excluding carboxylic acids is 3. The number of fused-ring (bicyclic) bond motifs is 1. The van der Waals surface area contributed by atoms with Gasteiger partial charge < -0.3 is 30.3 Å². The van der Waals surface area contributed by atoms with Gasteiger partial charge in [0.25, 0.3) is 11.8 Å². The summed E-state index contributed by atoms with van der Waals surface area (Å²) in [6, 6.07) is 4.19. The minimum Gasteiger partial charge on any atom is -0.485 e. The number of likely N-dealkylation sites (N-methyl/N-ethyl adjacent to an activating group) is 1. The number of urea groups is 1. The van der Waals surface area contributed by atoms with Crippen LogP contribution in [-0.2, 0) is 0 Å². The van der Waals surface area contributed by atoms with Crippen LogP contribution in [0, 0.1) is 5.92 Å². The van der Waals surface area contributed by atoms with Crippen LogP contribution in [0.5, 0.6) is 5.75 Å². The van der Waals surface area contributed by atoms with Gasteiger partial charge in [0.15, 0.2) is 5.75 Å². The number of nitrogens with one attached hydrogen (secondary N) is 2. The Hall–Kier alpha value is -3.73. The van der Waals surface area contributed by atoms with E-state index in [1.54, 1.807) is 37.1 Å². The predicted octanol–water partition coefficient (Wildman–Crippen LogP) is 2.00. The summed E-state index contributed by atoms with van der Waals surface area (Å²) >= 11 is 0. The van der Waals surface area contributed by atoms with Gasteiger partial charge in [-0.25, -0.2) is 9.78 Å². The molecular weight excluding hydrogens is 464 g/mol. The number of carbonyl (C=O) groups is 3. The maximum atomic E-state index is 13.5. The third-order valence-corrected chi connectivity index (χ3v) is 5.95. The van der Waals surface area contributed by atoms with Gasteiger partial charge in [-0.05, 0) is 32.9 Å². The summed E-state index contributed by atoms with van der Waals surface area (Å²) in [4.78, 5) is 50.0. The first-order chi connectivity index (χ1) is 17.1. The molecule has 3 atom stereocenters. The molecule has 0 fully saturated rings. The highest BCUT2D eigenvalue weighted by molar-refractivity contribution is 6.06. The second-order valence-corrected chi connectivity index (χ2v) is 9.33. The van der Waals surface area contributed by atoms with Crippen LogP contribution in [-0.4, -0.2) is 87.7 Å². The van der Waals surface area contributed by atoms with E-state index in [2.05, 4.69) is 20.6 Å². The van der Waals surface area contributed by atoms with Gasteiger partial charge in [-0.1, -0.05) is 13.0 Å². The van der Waals surface area contributed by atoms with Crippen LogP contribution in [0.25, 0.3) is 0 Å². The normalized spacial score (nSPS) is 18.4. The molecule has 11 nitrogen and oxygen atoms in total. The van der Waals surface area contributed by atoms with Crippen LogP contribution in [0.15, 0.2) is 36.8 Å². The molecule has 3 N–H and O–H groups in total. The lowest BCUT2D eigenvalue weighted by Crippen LogP contribution is -2.51. The average Bonchev–Trinajstić information content (AvgIpc) is 2.86. The summed E-state index contributed by atoms with van der Waals surface area (Å²) in [7, 11) is 1.68. The van der Waals surface area contributed by atoms with Crippen molar-refractivity contribution in [1.29, 1.82) is 0 Å². The summed E-state index contributed by atoms with van der Waals surface area (Å²) in [6.45, 7) is 7.80. The van der Waals surface area contributed by atoms with Crippen molar-refractivity contribution in [3.63, 3.8) is 0 Å². The Labute approximate surface area is 210 Å². The number of aromatic nitrogens is 2. The highest BCUT2D eigenvalue weighted by atomic mass is 16.5. The topological polar surface area (TPSA) is 137 Å². The van der Waals surface area contributed by atoms with Crippen molar-refractivity contribution in [2.75, 3.05) is 32.1 Å². The third-order valence-electron chi connectivity index (χ3n) is 5.95. The molecule has 0 radical (unpaired) electrons. The zero-order valence-electron chi connectivity index (χ0n) is 21.3. The number of aliphatic hydroxyl groups is 1. The monoisotopic (exact) mass is 498 g/mol. The third kappa shape index (κ3) is 6.28. The first-order valence-electron chi connectivity index (χ1n) is 11.9. The van der Waals surface area contributed by atoms with Gasteiger partial charge in [-0.3, -0.25) is 14.6 Å². The van der Waals surface area contributed by atoms with Crippen LogP contribution in [0.3, 0.4) is 0 Å². The molecule has 1 aliphatic heterocycles. The van der Waals surface area contributed by atoms with Gasteiger partial charge in [0.1, 0.15) is 11.8 Å². The average molecular weight is 499 g/mol. The van der Waals surface area contributed by atoms with Crippen molar-refractivity contribution < 1.29 is 24.2 Å². The molecule has 194 valence electrons. The number of rotatable bonds is 7. The molecule has 0 spiro atoms. The van der Waals surface area contributed by atoms with E-state index in [-0.39, 0.29) is 54.1 Å². The zero-order chi connectivity index (χ0) is 26.4. The van der Waals surface area contributed by atoms with Crippen molar-refractivity contribution >= 4 is 23.5 Å². The summed E-state index contributed by atoms with van der Waals surface area (Å²) in [6.07, 6.45) is 3.70. The molecule has 1 aromatic heterocycles. The largest absolute Gasteiger partial charge is 0.485 e. The van der Waals surface area contributed by atoms with E-state index in [0.717, 1.165) is 0 Å². The maximum absolute atomic E-state index is 13.5. The van der Waals surface area contributed by atoms with Crippen molar-refractivity contribution in [1.82, 2.24) is 25.1 Å². The minimum atomic E-state index is -0.511.